The summed E-state index contributed by atoms with van der Waals surface area (Å²) in [4.78, 5) is 2.47. The van der Waals surface area contributed by atoms with Crippen molar-refractivity contribution in [1.29, 1.82) is 5.26 Å². The molecular formula is C14H18N2. The van der Waals surface area contributed by atoms with Crippen molar-refractivity contribution >= 4 is 0 Å². The molecule has 0 amide bonds. The van der Waals surface area contributed by atoms with E-state index in [1.807, 2.05) is 12.1 Å². The summed E-state index contributed by atoms with van der Waals surface area (Å²) in [5, 5.41) is 8.90. The predicted molar refractivity (Wildman–Crippen MR) is 65.0 cm³/mol. The van der Waals surface area contributed by atoms with Crippen LogP contribution in [-0.2, 0) is 13.0 Å². The number of fused-ring (bicyclic) bond motifs is 1. The Bertz CT molecular complexity index is 435. The Labute approximate surface area is 97.5 Å². The SMILES string of the molecule is CC(C)(C)N1CCc2ccc(C#N)cc2C1. The molecule has 2 rings (SSSR count). The second-order valence-electron chi connectivity index (χ2n) is 5.44. The quantitative estimate of drug-likeness (QED) is 0.664. The van der Waals surface area contributed by atoms with E-state index in [2.05, 4.69) is 37.8 Å². The molecule has 0 N–H and O–H groups in total. The van der Waals surface area contributed by atoms with Gasteiger partial charge < -0.3 is 0 Å². The molecule has 1 aliphatic heterocycles. The molecule has 0 saturated heterocycles. The first-order chi connectivity index (χ1) is 7.50. The topological polar surface area (TPSA) is 27.0 Å². The van der Waals surface area contributed by atoms with Gasteiger partial charge in [0.05, 0.1) is 11.6 Å². The lowest BCUT2D eigenvalue weighted by atomic mass is 9.94. The zero-order chi connectivity index (χ0) is 11.8. The van der Waals surface area contributed by atoms with Gasteiger partial charge in [-0.15, -0.1) is 0 Å². The van der Waals surface area contributed by atoms with Crippen LogP contribution in [-0.4, -0.2) is 17.0 Å². The molecule has 0 fully saturated rings. The molecule has 0 saturated carbocycles. The Morgan fingerprint density at radius 1 is 1.25 bits per heavy atom. The first kappa shape index (κ1) is 11.2. The van der Waals surface area contributed by atoms with Crippen LogP contribution in [0.5, 0.6) is 0 Å². The smallest absolute Gasteiger partial charge is 0.0991 e. The van der Waals surface area contributed by atoms with Gasteiger partial charge in [-0.1, -0.05) is 6.07 Å². The highest BCUT2D eigenvalue weighted by Gasteiger charge is 2.25. The molecule has 0 atom stereocenters. The molecule has 0 aromatic heterocycles. The third-order valence-electron chi connectivity index (χ3n) is 3.30. The highest BCUT2D eigenvalue weighted by Crippen LogP contribution is 2.25. The van der Waals surface area contributed by atoms with Crippen molar-refractivity contribution in [3.63, 3.8) is 0 Å². The van der Waals surface area contributed by atoms with E-state index in [4.69, 9.17) is 5.26 Å². The lowest BCUT2D eigenvalue weighted by Gasteiger charge is -2.39. The number of benzene rings is 1. The Morgan fingerprint density at radius 3 is 2.62 bits per heavy atom. The fraction of sp³-hybridized carbons (Fsp3) is 0.500. The lowest BCUT2D eigenvalue weighted by molar-refractivity contribution is 0.121. The molecule has 0 unspecified atom stereocenters. The van der Waals surface area contributed by atoms with Crippen LogP contribution in [0.1, 0.15) is 37.5 Å². The molecule has 0 bridgehead atoms. The Hall–Kier alpha value is -1.33. The predicted octanol–water partition coefficient (Wildman–Crippen LogP) is 2.71. The number of hydrogen-bond donors (Lipinski definition) is 0. The van der Waals surface area contributed by atoms with Gasteiger partial charge in [-0.05, 0) is 50.5 Å². The van der Waals surface area contributed by atoms with E-state index in [1.54, 1.807) is 0 Å². The minimum absolute atomic E-state index is 0.209. The van der Waals surface area contributed by atoms with E-state index in [1.165, 1.54) is 11.1 Å². The number of nitrogens with zero attached hydrogens (tertiary/aromatic N) is 2. The number of nitriles is 1. The summed E-state index contributed by atoms with van der Waals surface area (Å²) in [6, 6.07) is 8.27. The standard InChI is InChI=1S/C14H18N2/c1-14(2,3)16-7-6-12-5-4-11(9-15)8-13(12)10-16/h4-5,8H,6-7,10H2,1-3H3. The van der Waals surface area contributed by atoms with Crippen molar-refractivity contribution in [2.75, 3.05) is 6.54 Å². The van der Waals surface area contributed by atoms with E-state index in [0.717, 1.165) is 25.1 Å². The average Bonchev–Trinajstić information content (AvgIpc) is 2.26. The summed E-state index contributed by atoms with van der Waals surface area (Å²) in [6.45, 7) is 8.81. The van der Waals surface area contributed by atoms with Crippen molar-refractivity contribution in [2.45, 2.75) is 39.3 Å². The van der Waals surface area contributed by atoms with Gasteiger partial charge in [0.15, 0.2) is 0 Å². The van der Waals surface area contributed by atoms with Crippen LogP contribution in [0, 0.1) is 11.3 Å². The fourth-order valence-electron chi connectivity index (χ4n) is 2.20. The van der Waals surface area contributed by atoms with E-state index in [0.29, 0.717) is 0 Å². The molecular weight excluding hydrogens is 196 g/mol. The second kappa shape index (κ2) is 3.92. The third-order valence-corrected chi connectivity index (χ3v) is 3.30. The van der Waals surface area contributed by atoms with Gasteiger partial charge in [-0.3, -0.25) is 4.90 Å². The summed E-state index contributed by atoms with van der Waals surface area (Å²) in [5.41, 5.74) is 3.70. The molecule has 1 heterocycles. The van der Waals surface area contributed by atoms with Gasteiger partial charge in [-0.25, -0.2) is 0 Å². The first-order valence-corrected chi connectivity index (χ1v) is 5.77. The average molecular weight is 214 g/mol. The largest absolute Gasteiger partial charge is 0.294 e. The van der Waals surface area contributed by atoms with Gasteiger partial charge in [0.1, 0.15) is 0 Å². The third kappa shape index (κ3) is 2.10. The summed E-state index contributed by atoms with van der Waals surface area (Å²) in [5.74, 6) is 0. The van der Waals surface area contributed by atoms with Crippen molar-refractivity contribution < 1.29 is 0 Å². The van der Waals surface area contributed by atoms with E-state index in [9.17, 15) is 0 Å². The molecule has 0 radical (unpaired) electrons. The van der Waals surface area contributed by atoms with Crippen LogP contribution < -0.4 is 0 Å². The zero-order valence-corrected chi connectivity index (χ0v) is 10.2. The van der Waals surface area contributed by atoms with Crippen LogP contribution in [0.25, 0.3) is 0 Å². The number of hydrogen-bond acceptors (Lipinski definition) is 2. The highest BCUT2D eigenvalue weighted by molar-refractivity contribution is 5.39. The van der Waals surface area contributed by atoms with Crippen molar-refractivity contribution in [1.82, 2.24) is 4.90 Å². The van der Waals surface area contributed by atoms with Crippen LogP contribution in [0.15, 0.2) is 18.2 Å². The minimum Gasteiger partial charge on any atom is -0.294 e. The van der Waals surface area contributed by atoms with Crippen LogP contribution in [0.3, 0.4) is 0 Å². The van der Waals surface area contributed by atoms with Gasteiger partial charge in [0.2, 0.25) is 0 Å². The number of rotatable bonds is 0. The molecule has 1 aromatic carbocycles. The second-order valence-corrected chi connectivity index (χ2v) is 5.44. The molecule has 2 nitrogen and oxygen atoms in total. The molecule has 16 heavy (non-hydrogen) atoms. The maximum absolute atomic E-state index is 8.90. The molecule has 0 spiro atoms. The minimum atomic E-state index is 0.209. The Balaban J connectivity index is 2.29. The van der Waals surface area contributed by atoms with Gasteiger partial charge in [0, 0.05) is 18.6 Å². The van der Waals surface area contributed by atoms with Gasteiger partial charge in [0.25, 0.3) is 0 Å². The molecule has 2 heteroatoms. The molecule has 1 aliphatic rings. The molecule has 84 valence electrons. The first-order valence-electron chi connectivity index (χ1n) is 5.77. The lowest BCUT2D eigenvalue weighted by Crippen LogP contribution is -2.44. The van der Waals surface area contributed by atoms with Gasteiger partial charge in [-0.2, -0.15) is 5.26 Å². The molecule has 1 aromatic rings. The maximum Gasteiger partial charge on any atom is 0.0991 e. The monoisotopic (exact) mass is 214 g/mol. The zero-order valence-electron chi connectivity index (χ0n) is 10.2. The Morgan fingerprint density at radius 2 is 2.00 bits per heavy atom. The molecule has 0 aliphatic carbocycles. The van der Waals surface area contributed by atoms with Gasteiger partial charge >= 0.3 is 0 Å². The van der Waals surface area contributed by atoms with E-state index in [-0.39, 0.29) is 5.54 Å². The fourth-order valence-corrected chi connectivity index (χ4v) is 2.20. The van der Waals surface area contributed by atoms with E-state index < -0.39 is 0 Å². The summed E-state index contributed by atoms with van der Waals surface area (Å²) < 4.78 is 0. The maximum atomic E-state index is 8.90. The summed E-state index contributed by atoms with van der Waals surface area (Å²) in [6.07, 6.45) is 1.10. The van der Waals surface area contributed by atoms with Crippen LogP contribution in [0.2, 0.25) is 0 Å². The van der Waals surface area contributed by atoms with Crippen LogP contribution >= 0.6 is 0 Å². The van der Waals surface area contributed by atoms with Crippen molar-refractivity contribution in [2.24, 2.45) is 0 Å². The normalized spacial score (nSPS) is 16.6. The summed E-state index contributed by atoms with van der Waals surface area (Å²) in [7, 11) is 0. The van der Waals surface area contributed by atoms with E-state index >= 15 is 0 Å². The highest BCUT2D eigenvalue weighted by atomic mass is 15.2. The summed E-state index contributed by atoms with van der Waals surface area (Å²) >= 11 is 0. The Kier molecular flexibility index (Phi) is 2.73. The van der Waals surface area contributed by atoms with Crippen molar-refractivity contribution in [3.05, 3.63) is 34.9 Å². The van der Waals surface area contributed by atoms with Crippen LogP contribution in [0.4, 0.5) is 0 Å². The van der Waals surface area contributed by atoms with Crippen molar-refractivity contribution in [3.8, 4) is 6.07 Å².